The molecule has 4 nitrogen and oxygen atoms in total. The van der Waals surface area contributed by atoms with E-state index >= 15 is 0 Å². The number of benzene rings is 1. The highest BCUT2D eigenvalue weighted by Crippen LogP contribution is 2.25. The van der Waals surface area contributed by atoms with Crippen LogP contribution >= 0.6 is 0 Å². The van der Waals surface area contributed by atoms with E-state index in [1.54, 1.807) is 0 Å². The van der Waals surface area contributed by atoms with Crippen molar-refractivity contribution in [3.63, 3.8) is 0 Å². The summed E-state index contributed by atoms with van der Waals surface area (Å²) in [5.41, 5.74) is 6.38. The largest absolute Gasteiger partial charge is 0.361 e. The number of aromatic amines is 1. The van der Waals surface area contributed by atoms with Gasteiger partial charge in [-0.15, -0.1) is 0 Å². The first-order valence-electron chi connectivity index (χ1n) is 9.04. The van der Waals surface area contributed by atoms with Gasteiger partial charge in [-0.05, 0) is 36.6 Å². The van der Waals surface area contributed by atoms with Crippen LogP contribution in [0.4, 0.5) is 0 Å². The quantitative estimate of drug-likeness (QED) is 0.766. The van der Waals surface area contributed by atoms with Crippen molar-refractivity contribution >= 4 is 10.9 Å². The van der Waals surface area contributed by atoms with E-state index in [-0.39, 0.29) is 5.41 Å². The number of fused-ring (bicyclic) bond motifs is 2. The van der Waals surface area contributed by atoms with Gasteiger partial charge in [0.1, 0.15) is 5.82 Å². The van der Waals surface area contributed by atoms with Gasteiger partial charge in [0.15, 0.2) is 0 Å². The number of aromatic nitrogens is 3. The van der Waals surface area contributed by atoms with Crippen LogP contribution in [0.15, 0.2) is 30.6 Å². The SMILES string of the molecule is Cc1ccc2[nH]cc(CN3CCc4cnc(C(C)(C)C)nc4C3)c2c1. The Balaban J connectivity index is 1.58. The van der Waals surface area contributed by atoms with Crippen LogP contribution in [0.5, 0.6) is 0 Å². The number of hydrogen-bond donors (Lipinski definition) is 1. The summed E-state index contributed by atoms with van der Waals surface area (Å²) in [5.74, 6) is 0.941. The highest BCUT2D eigenvalue weighted by molar-refractivity contribution is 5.83. The summed E-state index contributed by atoms with van der Waals surface area (Å²) in [6, 6.07) is 6.60. The van der Waals surface area contributed by atoms with Gasteiger partial charge in [0.25, 0.3) is 0 Å². The van der Waals surface area contributed by atoms with Crippen LogP contribution in [0, 0.1) is 6.92 Å². The molecule has 130 valence electrons. The molecule has 2 aromatic heterocycles. The molecule has 0 spiro atoms. The zero-order valence-electron chi connectivity index (χ0n) is 15.6. The Morgan fingerprint density at radius 1 is 1.24 bits per heavy atom. The third-order valence-corrected chi connectivity index (χ3v) is 5.01. The lowest BCUT2D eigenvalue weighted by atomic mass is 9.95. The van der Waals surface area contributed by atoms with E-state index in [2.05, 4.69) is 67.0 Å². The van der Waals surface area contributed by atoms with E-state index in [9.17, 15) is 0 Å². The zero-order chi connectivity index (χ0) is 17.6. The van der Waals surface area contributed by atoms with E-state index in [0.717, 1.165) is 31.9 Å². The van der Waals surface area contributed by atoms with Gasteiger partial charge in [0.05, 0.1) is 5.69 Å². The minimum atomic E-state index is -0.00826. The molecule has 0 bridgehead atoms. The smallest absolute Gasteiger partial charge is 0.133 e. The molecule has 1 aliphatic rings. The van der Waals surface area contributed by atoms with Crippen LogP contribution in [-0.2, 0) is 24.9 Å². The predicted molar refractivity (Wildman–Crippen MR) is 102 cm³/mol. The normalized spacial score (nSPS) is 15.5. The minimum absolute atomic E-state index is 0.00826. The second kappa shape index (κ2) is 5.95. The van der Waals surface area contributed by atoms with Gasteiger partial charge in [-0.2, -0.15) is 0 Å². The van der Waals surface area contributed by atoms with Gasteiger partial charge in [-0.3, -0.25) is 4.90 Å². The average Bonchev–Trinajstić information content (AvgIpc) is 2.95. The van der Waals surface area contributed by atoms with Crippen molar-refractivity contribution in [2.45, 2.75) is 52.6 Å². The summed E-state index contributed by atoms with van der Waals surface area (Å²) < 4.78 is 0. The van der Waals surface area contributed by atoms with Crippen LogP contribution in [0.2, 0.25) is 0 Å². The lowest BCUT2D eigenvalue weighted by molar-refractivity contribution is 0.241. The molecule has 0 fully saturated rings. The van der Waals surface area contributed by atoms with Gasteiger partial charge < -0.3 is 4.98 Å². The van der Waals surface area contributed by atoms with Gasteiger partial charge in [-0.25, -0.2) is 9.97 Å². The summed E-state index contributed by atoms with van der Waals surface area (Å²) >= 11 is 0. The lowest BCUT2D eigenvalue weighted by Crippen LogP contribution is -2.32. The highest BCUT2D eigenvalue weighted by atomic mass is 15.1. The molecule has 0 amide bonds. The Bertz CT molecular complexity index is 917. The predicted octanol–water partition coefficient (Wildman–Crippen LogP) is 4.12. The third-order valence-electron chi connectivity index (χ3n) is 5.01. The standard InChI is InChI=1S/C21H26N4/c1-14-5-6-18-17(9-14)16(11-22-18)12-25-8-7-15-10-23-20(21(2,3)4)24-19(15)13-25/h5-6,9-11,22H,7-8,12-13H2,1-4H3. The van der Waals surface area contributed by atoms with Crippen molar-refractivity contribution in [2.24, 2.45) is 0 Å². The van der Waals surface area contributed by atoms with E-state index in [1.165, 1.54) is 33.3 Å². The number of nitrogens with one attached hydrogen (secondary N) is 1. The Hall–Kier alpha value is -2.20. The second-order valence-electron chi connectivity index (χ2n) is 8.24. The molecule has 0 saturated heterocycles. The summed E-state index contributed by atoms with van der Waals surface area (Å²) in [7, 11) is 0. The molecule has 0 atom stereocenters. The molecule has 0 unspecified atom stereocenters. The lowest BCUT2D eigenvalue weighted by Gasteiger charge is -2.29. The molecular weight excluding hydrogens is 308 g/mol. The fourth-order valence-corrected chi connectivity index (χ4v) is 3.52. The first kappa shape index (κ1) is 16.3. The maximum atomic E-state index is 4.88. The molecule has 1 aliphatic heterocycles. The number of hydrogen-bond acceptors (Lipinski definition) is 3. The van der Waals surface area contributed by atoms with E-state index in [0.29, 0.717) is 0 Å². The van der Waals surface area contributed by atoms with Crippen molar-refractivity contribution < 1.29 is 0 Å². The van der Waals surface area contributed by atoms with Gasteiger partial charge in [0.2, 0.25) is 0 Å². The van der Waals surface area contributed by atoms with Crippen molar-refractivity contribution in [1.29, 1.82) is 0 Å². The molecule has 1 aromatic carbocycles. The first-order chi connectivity index (χ1) is 11.9. The van der Waals surface area contributed by atoms with Crippen LogP contribution in [0.1, 0.15) is 49.0 Å². The van der Waals surface area contributed by atoms with E-state index in [1.807, 2.05) is 6.20 Å². The number of rotatable bonds is 2. The number of nitrogens with zero attached hydrogens (tertiary/aromatic N) is 3. The number of H-pyrrole nitrogens is 1. The Labute approximate surface area is 149 Å². The van der Waals surface area contributed by atoms with E-state index < -0.39 is 0 Å². The third kappa shape index (κ3) is 3.19. The summed E-state index contributed by atoms with van der Waals surface area (Å²) in [4.78, 5) is 15.4. The van der Waals surface area contributed by atoms with Gasteiger partial charge in [0, 0.05) is 48.3 Å². The minimum Gasteiger partial charge on any atom is -0.361 e. The fourth-order valence-electron chi connectivity index (χ4n) is 3.52. The van der Waals surface area contributed by atoms with Crippen molar-refractivity contribution in [3.8, 4) is 0 Å². The molecule has 25 heavy (non-hydrogen) atoms. The first-order valence-corrected chi connectivity index (χ1v) is 9.04. The topological polar surface area (TPSA) is 44.8 Å². The van der Waals surface area contributed by atoms with Crippen molar-refractivity contribution in [1.82, 2.24) is 19.9 Å². The summed E-state index contributed by atoms with van der Waals surface area (Å²) in [6.07, 6.45) is 5.22. The molecule has 3 heterocycles. The Morgan fingerprint density at radius 2 is 2.08 bits per heavy atom. The Kier molecular flexibility index (Phi) is 3.88. The van der Waals surface area contributed by atoms with Crippen LogP contribution in [0.3, 0.4) is 0 Å². The maximum absolute atomic E-state index is 4.88. The molecule has 1 N–H and O–H groups in total. The van der Waals surface area contributed by atoms with Crippen molar-refractivity contribution in [2.75, 3.05) is 6.54 Å². The molecule has 0 saturated carbocycles. The zero-order valence-corrected chi connectivity index (χ0v) is 15.6. The fraction of sp³-hybridized carbons (Fsp3) is 0.429. The maximum Gasteiger partial charge on any atom is 0.133 e. The number of aryl methyl sites for hydroxylation is 1. The molecule has 4 rings (SSSR count). The van der Waals surface area contributed by atoms with Crippen molar-refractivity contribution in [3.05, 3.63) is 58.8 Å². The molecule has 3 aromatic rings. The van der Waals surface area contributed by atoms with Gasteiger partial charge >= 0.3 is 0 Å². The molecule has 4 heteroatoms. The average molecular weight is 334 g/mol. The van der Waals surface area contributed by atoms with Crippen LogP contribution < -0.4 is 0 Å². The highest BCUT2D eigenvalue weighted by Gasteiger charge is 2.23. The molecule has 0 aliphatic carbocycles. The van der Waals surface area contributed by atoms with Crippen LogP contribution in [-0.4, -0.2) is 26.4 Å². The monoisotopic (exact) mass is 334 g/mol. The second-order valence-corrected chi connectivity index (χ2v) is 8.24. The Morgan fingerprint density at radius 3 is 2.88 bits per heavy atom. The van der Waals surface area contributed by atoms with Crippen LogP contribution in [0.25, 0.3) is 10.9 Å². The van der Waals surface area contributed by atoms with Gasteiger partial charge in [-0.1, -0.05) is 32.4 Å². The molecule has 0 radical (unpaired) electrons. The molecular formula is C21H26N4. The summed E-state index contributed by atoms with van der Waals surface area (Å²) in [5, 5.41) is 1.34. The van der Waals surface area contributed by atoms with E-state index in [4.69, 9.17) is 4.98 Å². The summed E-state index contributed by atoms with van der Waals surface area (Å²) in [6.45, 7) is 11.6.